The van der Waals surface area contributed by atoms with Crippen LogP contribution in [0.5, 0.6) is 0 Å². The normalized spacial score (nSPS) is 41.9. The van der Waals surface area contributed by atoms with Crippen molar-refractivity contribution in [1.82, 2.24) is 0 Å². The first-order valence-electron chi connectivity index (χ1n) is 5.76. The molecule has 2 heteroatoms. The molecule has 2 unspecified atom stereocenters. The van der Waals surface area contributed by atoms with E-state index in [0.717, 1.165) is 12.8 Å². The summed E-state index contributed by atoms with van der Waals surface area (Å²) in [6.07, 6.45) is 6.26. The molecule has 1 spiro atoms. The zero-order valence-electron chi connectivity index (χ0n) is 9.18. The largest absolute Gasteiger partial charge is 0.382 e. The Kier molecular flexibility index (Phi) is 2.22. The molecular weight excluding hydrogens is 176 g/mol. The van der Waals surface area contributed by atoms with E-state index in [-0.39, 0.29) is 11.2 Å². The van der Waals surface area contributed by atoms with Crippen molar-refractivity contribution in [3.63, 3.8) is 0 Å². The van der Waals surface area contributed by atoms with Crippen LogP contribution in [-0.4, -0.2) is 16.5 Å². The van der Waals surface area contributed by atoms with Gasteiger partial charge in [-0.1, -0.05) is 26.2 Å². The number of carbonyl (C=O) groups excluding carboxylic acids is 1. The summed E-state index contributed by atoms with van der Waals surface area (Å²) < 4.78 is 0. The standard InChI is InChI=1S/C12H20O2/c1-9-8-10(13)11(2,14)12(9)6-4-3-5-7-12/h9,14H,3-8H2,1-2H3. The quantitative estimate of drug-likeness (QED) is 0.645. The molecule has 2 rings (SSSR count). The topological polar surface area (TPSA) is 37.3 Å². The molecule has 2 fully saturated rings. The molecule has 0 amide bonds. The van der Waals surface area contributed by atoms with Gasteiger partial charge in [0.05, 0.1) is 0 Å². The maximum atomic E-state index is 11.7. The lowest BCUT2D eigenvalue weighted by Crippen LogP contribution is -2.49. The van der Waals surface area contributed by atoms with Crippen molar-refractivity contribution in [3.8, 4) is 0 Å². The van der Waals surface area contributed by atoms with E-state index in [1.807, 2.05) is 0 Å². The molecular formula is C12H20O2. The predicted octanol–water partition coefficient (Wildman–Crippen LogP) is 2.30. The van der Waals surface area contributed by atoms with Crippen LogP contribution < -0.4 is 0 Å². The van der Waals surface area contributed by atoms with Crippen LogP contribution in [0.2, 0.25) is 0 Å². The van der Waals surface area contributed by atoms with E-state index in [1.165, 1.54) is 19.3 Å². The number of carbonyl (C=O) groups is 1. The summed E-state index contributed by atoms with van der Waals surface area (Å²) in [4.78, 5) is 11.7. The molecule has 2 aliphatic rings. The molecule has 14 heavy (non-hydrogen) atoms. The van der Waals surface area contributed by atoms with Crippen molar-refractivity contribution in [2.24, 2.45) is 11.3 Å². The van der Waals surface area contributed by atoms with Gasteiger partial charge in [0.15, 0.2) is 5.78 Å². The van der Waals surface area contributed by atoms with Crippen LogP contribution in [0, 0.1) is 11.3 Å². The molecule has 0 radical (unpaired) electrons. The molecule has 0 saturated heterocycles. The Balaban J connectivity index is 2.35. The summed E-state index contributed by atoms with van der Waals surface area (Å²) in [5.74, 6) is 0.428. The molecule has 0 aromatic rings. The third-order valence-corrected chi connectivity index (χ3v) is 4.69. The van der Waals surface area contributed by atoms with Crippen molar-refractivity contribution in [2.75, 3.05) is 0 Å². The molecule has 2 nitrogen and oxygen atoms in total. The Morgan fingerprint density at radius 1 is 1.29 bits per heavy atom. The van der Waals surface area contributed by atoms with Gasteiger partial charge in [-0.05, 0) is 25.7 Å². The van der Waals surface area contributed by atoms with Crippen LogP contribution >= 0.6 is 0 Å². The average molecular weight is 196 g/mol. The zero-order chi connectivity index (χ0) is 10.4. The molecule has 80 valence electrons. The Bertz CT molecular complexity index is 249. The lowest BCUT2D eigenvalue weighted by atomic mass is 9.62. The van der Waals surface area contributed by atoms with Gasteiger partial charge in [-0.25, -0.2) is 0 Å². The Labute approximate surface area is 85.7 Å². The highest BCUT2D eigenvalue weighted by Crippen LogP contribution is 2.56. The number of Topliss-reactive ketones (excluding diaryl/α,β-unsaturated/α-hetero) is 1. The molecule has 2 saturated carbocycles. The molecule has 0 aromatic heterocycles. The number of hydrogen-bond acceptors (Lipinski definition) is 2. The van der Waals surface area contributed by atoms with Crippen molar-refractivity contribution in [1.29, 1.82) is 0 Å². The first kappa shape index (κ1) is 10.2. The molecule has 0 bridgehead atoms. The summed E-state index contributed by atoms with van der Waals surface area (Å²) in [6.45, 7) is 3.87. The predicted molar refractivity (Wildman–Crippen MR) is 54.9 cm³/mol. The number of hydrogen-bond donors (Lipinski definition) is 1. The lowest BCUT2D eigenvalue weighted by molar-refractivity contribution is -0.145. The number of ketones is 1. The first-order chi connectivity index (χ1) is 6.51. The summed E-state index contributed by atoms with van der Waals surface area (Å²) in [7, 11) is 0. The smallest absolute Gasteiger partial charge is 0.164 e. The van der Waals surface area contributed by atoms with Crippen LogP contribution in [0.1, 0.15) is 52.4 Å². The molecule has 2 aliphatic carbocycles. The second kappa shape index (κ2) is 3.06. The van der Waals surface area contributed by atoms with Crippen LogP contribution in [0.4, 0.5) is 0 Å². The minimum atomic E-state index is -1.05. The van der Waals surface area contributed by atoms with E-state index in [0.29, 0.717) is 12.3 Å². The summed E-state index contributed by atoms with van der Waals surface area (Å²) >= 11 is 0. The van der Waals surface area contributed by atoms with Crippen molar-refractivity contribution >= 4 is 5.78 Å². The first-order valence-corrected chi connectivity index (χ1v) is 5.76. The van der Waals surface area contributed by atoms with Gasteiger partial charge in [0.25, 0.3) is 0 Å². The minimum absolute atomic E-state index is 0.0619. The lowest BCUT2D eigenvalue weighted by Gasteiger charge is -2.44. The van der Waals surface area contributed by atoms with E-state index >= 15 is 0 Å². The molecule has 2 atom stereocenters. The SMILES string of the molecule is CC1CC(=O)C(C)(O)C12CCCCC2. The van der Waals surface area contributed by atoms with E-state index in [2.05, 4.69) is 6.92 Å². The van der Waals surface area contributed by atoms with E-state index in [9.17, 15) is 9.90 Å². The van der Waals surface area contributed by atoms with Gasteiger partial charge in [0.1, 0.15) is 5.60 Å². The van der Waals surface area contributed by atoms with Crippen molar-refractivity contribution in [3.05, 3.63) is 0 Å². The molecule has 0 aliphatic heterocycles. The number of rotatable bonds is 0. The Hall–Kier alpha value is -0.370. The van der Waals surface area contributed by atoms with Crippen molar-refractivity contribution < 1.29 is 9.90 Å². The van der Waals surface area contributed by atoms with Crippen LogP contribution in [0.3, 0.4) is 0 Å². The number of aliphatic hydroxyl groups is 1. The molecule has 0 heterocycles. The fourth-order valence-electron chi connectivity index (χ4n) is 3.59. The van der Waals surface area contributed by atoms with Crippen LogP contribution in [-0.2, 0) is 4.79 Å². The molecule has 0 aromatic carbocycles. The highest BCUT2D eigenvalue weighted by molar-refractivity contribution is 5.90. The van der Waals surface area contributed by atoms with Gasteiger partial charge < -0.3 is 5.11 Å². The second-order valence-electron chi connectivity index (χ2n) is 5.32. The monoisotopic (exact) mass is 196 g/mol. The zero-order valence-corrected chi connectivity index (χ0v) is 9.18. The fourth-order valence-corrected chi connectivity index (χ4v) is 3.59. The van der Waals surface area contributed by atoms with E-state index < -0.39 is 5.60 Å². The second-order valence-corrected chi connectivity index (χ2v) is 5.32. The van der Waals surface area contributed by atoms with E-state index in [1.54, 1.807) is 6.92 Å². The van der Waals surface area contributed by atoms with Gasteiger partial charge in [0, 0.05) is 11.8 Å². The minimum Gasteiger partial charge on any atom is -0.382 e. The maximum absolute atomic E-state index is 11.7. The van der Waals surface area contributed by atoms with Crippen LogP contribution in [0.15, 0.2) is 0 Å². The van der Waals surface area contributed by atoms with Gasteiger partial charge in [-0.2, -0.15) is 0 Å². The molecule has 1 N–H and O–H groups in total. The highest BCUT2D eigenvalue weighted by atomic mass is 16.3. The Morgan fingerprint density at radius 3 is 2.29 bits per heavy atom. The summed E-state index contributed by atoms with van der Waals surface area (Å²) in [5.41, 5.74) is -1.14. The third-order valence-electron chi connectivity index (χ3n) is 4.69. The summed E-state index contributed by atoms with van der Waals surface area (Å²) in [5, 5.41) is 10.4. The van der Waals surface area contributed by atoms with Gasteiger partial charge >= 0.3 is 0 Å². The van der Waals surface area contributed by atoms with Crippen LogP contribution in [0.25, 0.3) is 0 Å². The van der Waals surface area contributed by atoms with Gasteiger partial charge in [0.2, 0.25) is 0 Å². The maximum Gasteiger partial charge on any atom is 0.164 e. The Morgan fingerprint density at radius 2 is 1.86 bits per heavy atom. The highest BCUT2D eigenvalue weighted by Gasteiger charge is 2.59. The van der Waals surface area contributed by atoms with Gasteiger partial charge in [-0.3, -0.25) is 4.79 Å². The summed E-state index contributed by atoms with van der Waals surface area (Å²) in [6, 6.07) is 0. The van der Waals surface area contributed by atoms with Crippen molar-refractivity contribution in [2.45, 2.75) is 58.0 Å². The third kappa shape index (κ3) is 1.10. The van der Waals surface area contributed by atoms with Gasteiger partial charge in [-0.15, -0.1) is 0 Å². The fraction of sp³-hybridized carbons (Fsp3) is 0.917. The average Bonchev–Trinajstić information content (AvgIpc) is 2.31. The van der Waals surface area contributed by atoms with E-state index in [4.69, 9.17) is 0 Å².